The molecule has 7 heteroatoms. The molecule has 0 saturated heterocycles. The number of benzene rings is 1. The highest BCUT2D eigenvalue weighted by Crippen LogP contribution is 2.37. The van der Waals surface area contributed by atoms with Gasteiger partial charge in [0.05, 0.1) is 19.1 Å². The second-order valence-corrected chi connectivity index (χ2v) is 5.60. The van der Waals surface area contributed by atoms with Crippen LogP contribution in [0.15, 0.2) is 30.4 Å². The first-order chi connectivity index (χ1) is 11.3. The number of aliphatic carboxylic acids is 2. The van der Waals surface area contributed by atoms with Crippen LogP contribution in [0.25, 0.3) is 0 Å². The molecule has 0 saturated carbocycles. The maximum atomic E-state index is 9.53. The van der Waals surface area contributed by atoms with Crippen LogP contribution >= 0.6 is 0 Å². The van der Waals surface area contributed by atoms with Crippen LogP contribution in [-0.4, -0.2) is 42.8 Å². The van der Waals surface area contributed by atoms with Gasteiger partial charge in [-0.15, -0.1) is 0 Å². The Bertz CT molecular complexity index is 581. The van der Waals surface area contributed by atoms with Crippen LogP contribution in [0.4, 0.5) is 0 Å². The second-order valence-electron chi connectivity index (χ2n) is 5.60. The van der Waals surface area contributed by atoms with Crippen molar-refractivity contribution in [2.24, 2.45) is 0 Å². The van der Waals surface area contributed by atoms with E-state index < -0.39 is 11.9 Å². The number of nitrogens with two attached hydrogens (primary N) is 1. The summed E-state index contributed by atoms with van der Waals surface area (Å²) in [7, 11) is 1.69. The Labute approximate surface area is 140 Å². The third kappa shape index (κ3) is 6.70. The van der Waals surface area contributed by atoms with E-state index in [9.17, 15) is 14.7 Å². The number of fused-ring (bicyclic) bond motifs is 1. The number of carbonyl (C=O) groups excluding carboxylic acids is 1. The summed E-state index contributed by atoms with van der Waals surface area (Å²) in [5, 5.41) is 19.5. The SMILES string of the molecule is COc1cccc2c1OC(C[NH2+]C(C)C)C2.O=C([O-])/C=C\C(=O)O. The van der Waals surface area contributed by atoms with Crippen LogP contribution < -0.4 is 19.9 Å². The Morgan fingerprint density at radius 2 is 2.17 bits per heavy atom. The van der Waals surface area contributed by atoms with Gasteiger partial charge in [0.1, 0.15) is 6.54 Å². The summed E-state index contributed by atoms with van der Waals surface area (Å²) in [5.41, 5.74) is 1.27. The lowest BCUT2D eigenvalue weighted by Gasteiger charge is -2.12. The van der Waals surface area contributed by atoms with Gasteiger partial charge in [-0.1, -0.05) is 12.1 Å². The number of hydrogen-bond acceptors (Lipinski definition) is 5. The number of rotatable bonds is 6. The smallest absolute Gasteiger partial charge is 0.328 e. The molecule has 0 fully saturated rings. The van der Waals surface area contributed by atoms with Gasteiger partial charge >= 0.3 is 5.97 Å². The van der Waals surface area contributed by atoms with Crippen molar-refractivity contribution in [3.8, 4) is 11.5 Å². The van der Waals surface area contributed by atoms with Gasteiger partial charge in [-0.25, -0.2) is 4.79 Å². The predicted octanol–water partition coefficient (Wildman–Crippen LogP) is -0.652. The van der Waals surface area contributed by atoms with E-state index in [-0.39, 0.29) is 6.10 Å². The molecule has 0 bridgehead atoms. The molecule has 0 aromatic heterocycles. The van der Waals surface area contributed by atoms with Crippen LogP contribution in [0.2, 0.25) is 0 Å². The van der Waals surface area contributed by atoms with Gasteiger partial charge in [-0.3, -0.25) is 0 Å². The van der Waals surface area contributed by atoms with Crippen molar-refractivity contribution >= 4 is 11.9 Å². The molecule has 0 radical (unpaired) electrons. The minimum atomic E-state index is -1.51. The van der Waals surface area contributed by atoms with Gasteiger partial charge in [-0.2, -0.15) is 0 Å². The lowest BCUT2D eigenvalue weighted by atomic mass is 10.1. The molecule has 1 unspecified atom stereocenters. The van der Waals surface area contributed by atoms with Gasteiger partial charge in [0, 0.05) is 18.1 Å². The Morgan fingerprint density at radius 3 is 2.67 bits per heavy atom. The van der Waals surface area contributed by atoms with E-state index in [2.05, 4.69) is 25.2 Å². The lowest BCUT2D eigenvalue weighted by molar-refractivity contribution is -0.687. The number of ether oxygens (including phenoxy) is 2. The molecule has 1 heterocycles. The average Bonchev–Trinajstić information content (AvgIpc) is 2.94. The average molecular weight is 337 g/mol. The van der Waals surface area contributed by atoms with Gasteiger partial charge in [-0.05, 0) is 26.0 Å². The fraction of sp³-hybridized carbons (Fsp3) is 0.412. The Balaban J connectivity index is 0.000000307. The summed E-state index contributed by atoms with van der Waals surface area (Å²) in [6.07, 6.45) is 2.22. The van der Waals surface area contributed by atoms with Gasteiger partial charge in [0.25, 0.3) is 0 Å². The first-order valence-electron chi connectivity index (χ1n) is 7.61. The fourth-order valence-electron chi connectivity index (χ4n) is 2.16. The molecular weight excluding hydrogens is 314 g/mol. The molecule has 24 heavy (non-hydrogen) atoms. The van der Waals surface area contributed by atoms with Crippen LogP contribution in [0.5, 0.6) is 11.5 Å². The van der Waals surface area contributed by atoms with E-state index in [1.165, 1.54) is 5.56 Å². The molecule has 132 valence electrons. The first kappa shape index (κ1) is 19.5. The zero-order chi connectivity index (χ0) is 18.1. The number of carboxylic acids is 2. The molecule has 0 amide bonds. The monoisotopic (exact) mass is 337 g/mol. The number of carboxylic acid groups (broad SMARTS) is 2. The molecule has 1 aromatic rings. The highest BCUT2D eigenvalue weighted by atomic mass is 16.5. The van der Waals surface area contributed by atoms with Crippen molar-refractivity contribution in [2.75, 3.05) is 13.7 Å². The molecule has 0 aliphatic carbocycles. The topological polar surface area (TPSA) is 113 Å². The maximum Gasteiger partial charge on any atom is 0.328 e. The largest absolute Gasteiger partial charge is 0.545 e. The van der Waals surface area contributed by atoms with Crippen LogP contribution in [0.3, 0.4) is 0 Å². The van der Waals surface area contributed by atoms with Crippen molar-refractivity contribution in [1.82, 2.24) is 0 Å². The van der Waals surface area contributed by atoms with Gasteiger partial charge in [0.2, 0.25) is 0 Å². The number of para-hydroxylation sites is 1. The summed E-state index contributed by atoms with van der Waals surface area (Å²) >= 11 is 0. The minimum Gasteiger partial charge on any atom is -0.545 e. The normalized spacial score (nSPS) is 15.4. The highest BCUT2D eigenvalue weighted by Gasteiger charge is 2.27. The Kier molecular flexibility index (Phi) is 7.77. The molecule has 3 N–H and O–H groups in total. The van der Waals surface area contributed by atoms with Crippen molar-refractivity contribution in [3.63, 3.8) is 0 Å². The number of methoxy groups -OCH3 is 1. The second kappa shape index (κ2) is 9.57. The molecule has 1 aliphatic rings. The van der Waals surface area contributed by atoms with E-state index >= 15 is 0 Å². The summed E-state index contributed by atoms with van der Waals surface area (Å²) in [5.74, 6) is -1.02. The number of hydrogen-bond donors (Lipinski definition) is 2. The Morgan fingerprint density at radius 1 is 1.46 bits per heavy atom. The number of quaternary nitrogens is 1. The summed E-state index contributed by atoms with van der Waals surface area (Å²) in [4.78, 5) is 19.0. The zero-order valence-electron chi connectivity index (χ0n) is 14.0. The van der Waals surface area contributed by atoms with E-state index in [1.54, 1.807) is 7.11 Å². The van der Waals surface area contributed by atoms with Crippen LogP contribution in [0, 0.1) is 0 Å². The molecule has 0 spiro atoms. The summed E-state index contributed by atoms with van der Waals surface area (Å²) in [6, 6.07) is 6.71. The predicted molar refractivity (Wildman–Crippen MR) is 84.8 cm³/mol. The van der Waals surface area contributed by atoms with Crippen molar-refractivity contribution in [1.29, 1.82) is 0 Å². The van der Waals surface area contributed by atoms with Gasteiger partial charge < -0.3 is 29.8 Å². The third-order valence-electron chi connectivity index (χ3n) is 3.24. The summed E-state index contributed by atoms with van der Waals surface area (Å²) in [6.45, 7) is 5.40. The lowest BCUT2D eigenvalue weighted by Crippen LogP contribution is -2.90. The zero-order valence-corrected chi connectivity index (χ0v) is 14.0. The fourth-order valence-corrected chi connectivity index (χ4v) is 2.16. The summed E-state index contributed by atoms with van der Waals surface area (Å²) < 4.78 is 11.2. The molecule has 7 nitrogen and oxygen atoms in total. The van der Waals surface area contributed by atoms with E-state index in [0.29, 0.717) is 18.2 Å². The van der Waals surface area contributed by atoms with Gasteiger partial charge in [0.15, 0.2) is 17.6 Å². The molecule has 1 aliphatic heterocycles. The molecule has 1 atom stereocenters. The van der Waals surface area contributed by atoms with Crippen molar-refractivity contribution in [3.05, 3.63) is 35.9 Å². The quantitative estimate of drug-likeness (QED) is 0.667. The Hall–Kier alpha value is -2.54. The first-order valence-corrected chi connectivity index (χ1v) is 7.61. The van der Waals surface area contributed by atoms with Crippen LogP contribution in [-0.2, 0) is 16.0 Å². The highest BCUT2D eigenvalue weighted by molar-refractivity contribution is 5.88. The number of carbonyl (C=O) groups is 2. The molecule has 2 rings (SSSR count). The van der Waals surface area contributed by atoms with Crippen molar-refractivity contribution in [2.45, 2.75) is 32.4 Å². The van der Waals surface area contributed by atoms with E-state index in [0.717, 1.165) is 24.5 Å². The van der Waals surface area contributed by atoms with Crippen molar-refractivity contribution < 1.29 is 34.6 Å². The van der Waals surface area contributed by atoms with E-state index in [4.69, 9.17) is 14.6 Å². The third-order valence-corrected chi connectivity index (χ3v) is 3.24. The molecular formula is C17H23NO6. The standard InChI is InChI=1S/C13H19NO2.C4H4O4/c1-9(2)14-8-11-7-10-5-4-6-12(15-3)13(10)16-11;5-3(6)1-2-4(7)8/h4-6,9,11,14H,7-8H2,1-3H3;1-2H,(H,5,6)(H,7,8)/b;2-1-. The maximum absolute atomic E-state index is 9.53. The van der Waals surface area contributed by atoms with E-state index in [1.807, 2.05) is 12.1 Å². The molecule has 1 aromatic carbocycles. The minimum absolute atomic E-state index is 0.286. The van der Waals surface area contributed by atoms with Crippen LogP contribution in [0.1, 0.15) is 19.4 Å².